The first-order valence-electron chi connectivity index (χ1n) is 7.31. The van der Waals surface area contributed by atoms with Crippen LogP contribution in [0.15, 0.2) is 0 Å². The summed E-state index contributed by atoms with van der Waals surface area (Å²) in [5.74, 6) is 0.431. The molecule has 3 nitrogen and oxygen atoms in total. The zero-order chi connectivity index (χ0) is 13.2. The smallest absolute Gasteiger partial charge is 0.321 e. The topological polar surface area (TPSA) is 49.3 Å². The largest absolute Gasteiger partial charge is 0.480 e. The summed E-state index contributed by atoms with van der Waals surface area (Å²) < 4.78 is 0. The Labute approximate surface area is 116 Å². The summed E-state index contributed by atoms with van der Waals surface area (Å²) in [6.07, 6.45) is 12.0. The van der Waals surface area contributed by atoms with Gasteiger partial charge in [0.25, 0.3) is 0 Å². The zero-order valence-corrected chi connectivity index (χ0v) is 12.1. The molecule has 1 aliphatic rings. The molecule has 0 aromatic carbocycles. The molecular weight excluding hydrogens is 246 g/mol. The molecule has 18 heavy (non-hydrogen) atoms. The molecule has 0 aromatic rings. The van der Waals surface area contributed by atoms with Crippen LogP contribution in [0, 0.1) is 5.92 Å². The number of carboxylic acids is 1. The standard InChI is InChI=1S/C14H27NO2S/c16-14(17)13(11-18)15-10-6-9-12-7-4-2-1-3-5-8-12/h12-13,15,18H,1-11H2,(H,16,17). The van der Waals surface area contributed by atoms with Crippen LogP contribution in [0.4, 0.5) is 0 Å². The van der Waals surface area contributed by atoms with Crippen LogP contribution in [0.1, 0.15) is 57.8 Å². The summed E-state index contributed by atoms with van der Waals surface area (Å²) >= 11 is 4.04. The van der Waals surface area contributed by atoms with Gasteiger partial charge in [0.05, 0.1) is 0 Å². The van der Waals surface area contributed by atoms with E-state index in [1.54, 1.807) is 0 Å². The number of thiol groups is 1. The van der Waals surface area contributed by atoms with Crippen LogP contribution in [0.25, 0.3) is 0 Å². The van der Waals surface area contributed by atoms with E-state index in [0.717, 1.165) is 18.9 Å². The fourth-order valence-corrected chi connectivity index (χ4v) is 3.01. The molecular formula is C14H27NO2S. The Hall–Kier alpha value is -0.220. The summed E-state index contributed by atoms with van der Waals surface area (Å²) in [7, 11) is 0. The van der Waals surface area contributed by atoms with Gasteiger partial charge < -0.3 is 10.4 Å². The van der Waals surface area contributed by atoms with Crippen molar-refractivity contribution in [1.82, 2.24) is 5.32 Å². The van der Waals surface area contributed by atoms with Crippen LogP contribution in [0.5, 0.6) is 0 Å². The van der Waals surface area contributed by atoms with Gasteiger partial charge in [-0.1, -0.05) is 44.9 Å². The van der Waals surface area contributed by atoms with Crippen molar-refractivity contribution < 1.29 is 9.90 Å². The van der Waals surface area contributed by atoms with Gasteiger partial charge in [0.15, 0.2) is 0 Å². The molecule has 0 spiro atoms. The van der Waals surface area contributed by atoms with Crippen LogP contribution < -0.4 is 5.32 Å². The van der Waals surface area contributed by atoms with Crippen LogP contribution in [0.3, 0.4) is 0 Å². The van der Waals surface area contributed by atoms with Gasteiger partial charge in [-0.2, -0.15) is 12.6 Å². The third-order valence-electron chi connectivity index (χ3n) is 3.89. The molecule has 1 saturated carbocycles. The van der Waals surface area contributed by atoms with Gasteiger partial charge in [-0.15, -0.1) is 0 Å². The summed E-state index contributed by atoms with van der Waals surface area (Å²) in [5.41, 5.74) is 0. The lowest BCUT2D eigenvalue weighted by Gasteiger charge is -2.20. The predicted molar refractivity (Wildman–Crippen MR) is 78.3 cm³/mol. The minimum absolute atomic E-state index is 0.360. The van der Waals surface area contributed by atoms with Crippen molar-refractivity contribution in [2.45, 2.75) is 63.8 Å². The summed E-state index contributed by atoms with van der Waals surface area (Å²) in [6, 6.07) is -0.495. The van der Waals surface area contributed by atoms with Gasteiger partial charge in [-0.25, -0.2) is 0 Å². The van der Waals surface area contributed by atoms with E-state index in [1.165, 1.54) is 51.4 Å². The maximum atomic E-state index is 10.8. The number of nitrogens with one attached hydrogen (secondary N) is 1. The lowest BCUT2D eigenvalue weighted by Crippen LogP contribution is -2.38. The van der Waals surface area contributed by atoms with Crippen molar-refractivity contribution >= 4 is 18.6 Å². The number of hydrogen-bond donors (Lipinski definition) is 3. The Kier molecular flexibility index (Phi) is 8.51. The van der Waals surface area contributed by atoms with Gasteiger partial charge in [-0.05, 0) is 25.3 Å². The van der Waals surface area contributed by atoms with E-state index in [0.29, 0.717) is 5.75 Å². The highest BCUT2D eigenvalue weighted by Gasteiger charge is 2.15. The molecule has 2 N–H and O–H groups in total. The lowest BCUT2D eigenvalue weighted by molar-refractivity contribution is -0.138. The number of carboxylic acid groups (broad SMARTS) is 1. The lowest BCUT2D eigenvalue weighted by atomic mass is 9.88. The van der Waals surface area contributed by atoms with Gasteiger partial charge in [0, 0.05) is 5.75 Å². The van der Waals surface area contributed by atoms with Gasteiger partial charge in [0.2, 0.25) is 0 Å². The van der Waals surface area contributed by atoms with Crippen LogP contribution in [-0.2, 0) is 4.79 Å². The Morgan fingerprint density at radius 2 is 1.83 bits per heavy atom. The quantitative estimate of drug-likeness (QED) is 0.493. The molecule has 106 valence electrons. The van der Waals surface area contributed by atoms with E-state index in [1.807, 2.05) is 0 Å². The van der Waals surface area contributed by atoms with Crippen LogP contribution >= 0.6 is 12.6 Å². The molecule has 0 saturated heterocycles. The molecule has 1 fully saturated rings. The molecule has 0 bridgehead atoms. The van der Waals surface area contributed by atoms with E-state index < -0.39 is 12.0 Å². The van der Waals surface area contributed by atoms with E-state index in [4.69, 9.17) is 5.11 Å². The van der Waals surface area contributed by atoms with Crippen LogP contribution in [0.2, 0.25) is 0 Å². The van der Waals surface area contributed by atoms with Crippen molar-refractivity contribution in [1.29, 1.82) is 0 Å². The van der Waals surface area contributed by atoms with Gasteiger partial charge in [-0.3, -0.25) is 4.79 Å². The highest BCUT2D eigenvalue weighted by molar-refractivity contribution is 7.80. The normalized spacial score (nSPS) is 20.1. The van der Waals surface area contributed by atoms with E-state index in [9.17, 15) is 4.79 Å². The van der Waals surface area contributed by atoms with E-state index in [2.05, 4.69) is 17.9 Å². The second kappa shape index (κ2) is 9.68. The molecule has 0 heterocycles. The second-order valence-corrected chi connectivity index (χ2v) is 5.75. The number of carbonyl (C=O) groups is 1. The fourth-order valence-electron chi connectivity index (χ4n) is 2.73. The average Bonchev–Trinajstić information content (AvgIpc) is 2.30. The van der Waals surface area contributed by atoms with E-state index >= 15 is 0 Å². The Morgan fingerprint density at radius 1 is 1.22 bits per heavy atom. The molecule has 0 amide bonds. The van der Waals surface area contributed by atoms with Crippen molar-refractivity contribution in [2.24, 2.45) is 5.92 Å². The fraction of sp³-hybridized carbons (Fsp3) is 0.929. The van der Waals surface area contributed by atoms with Gasteiger partial charge in [0.1, 0.15) is 6.04 Å². The summed E-state index contributed by atoms with van der Waals surface area (Å²) in [4.78, 5) is 10.8. The number of hydrogen-bond acceptors (Lipinski definition) is 3. The average molecular weight is 273 g/mol. The minimum Gasteiger partial charge on any atom is -0.480 e. The molecule has 0 aliphatic heterocycles. The summed E-state index contributed by atoms with van der Waals surface area (Å²) in [6.45, 7) is 0.800. The SMILES string of the molecule is O=C(O)C(CS)NCCCC1CCCCCCC1. The number of aliphatic carboxylic acids is 1. The first kappa shape index (κ1) is 15.8. The maximum absolute atomic E-state index is 10.8. The third-order valence-corrected chi connectivity index (χ3v) is 4.25. The molecule has 1 aliphatic carbocycles. The van der Waals surface area contributed by atoms with Crippen molar-refractivity contribution in [3.63, 3.8) is 0 Å². The summed E-state index contributed by atoms with van der Waals surface area (Å²) in [5, 5.41) is 11.9. The molecule has 1 rings (SSSR count). The van der Waals surface area contributed by atoms with Gasteiger partial charge >= 0.3 is 5.97 Å². The molecule has 4 heteroatoms. The zero-order valence-electron chi connectivity index (χ0n) is 11.2. The third kappa shape index (κ3) is 6.64. The molecule has 0 aromatic heterocycles. The number of rotatable bonds is 7. The molecule has 1 atom stereocenters. The first-order valence-corrected chi connectivity index (χ1v) is 7.94. The molecule has 1 unspecified atom stereocenters. The Morgan fingerprint density at radius 3 is 2.39 bits per heavy atom. The maximum Gasteiger partial charge on any atom is 0.321 e. The predicted octanol–water partition coefficient (Wildman–Crippen LogP) is 3.10. The monoisotopic (exact) mass is 273 g/mol. The van der Waals surface area contributed by atoms with Crippen LogP contribution in [-0.4, -0.2) is 29.4 Å². The Bertz CT molecular complexity index is 228. The highest BCUT2D eigenvalue weighted by Crippen LogP contribution is 2.25. The van der Waals surface area contributed by atoms with Crippen molar-refractivity contribution in [3.8, 4) is 0 Å². The molecule has 0 radical (unpaired) electrons. The van der Waals surface area contributed by atoms with Crippen molar-refractivity contribution in [2.75, 3.05) is 12.3 Å². The highest BCUT2D eigenvalue weighted by atomic mass is 32.1. The second-order valence-electron chi connectivity index (χ2n) is 5.38. The Balaban J connectivity index is 2.10. The minimum atomic E-state index is -0.795. The van der Waals surface area contributed by atoms with Crippen molar-refractivity contribution in [3.05, 3.63) is 0 Å². The first-order chi connectivity index (χ1) is 8.74. The van der Waals surface area contributed by atoms with E-state index in [-0.39, 0.29) is 0 Å².